The first-order valence-corrected chi connectivity index (χ1v) is 4.67. The lowest BCUT2D eigenvalue weighted by Crippen LogP contribution is -2.41. The van der Waals surface area contributed by atoms with Gasteiger partial charge in [0.1, 0.15) is 6.20 Å². The Bertz CT molecular complexity index is 284. The molecule has 0 bridgehead atoms. The van der Waals surface area contributed by atoms with E-state index in [1.807, 2.05) is 0 Å². The summed E-state index contributed by atoms with van der Waals surface area (Å²) in [6.45, 7) is 1.92. The van der Waals surface area contributed by atoms with Gasteiger partial charge in [-0.3, -0.25) is 4.90 Å². The third-order valence-electron chi connectivity index (χ3n) is 2.33. The summed E-state index contributed by atoms with van der Waals surface area (Å²) in [5.74, 6) is 0.544. The van der Waals surface area contributed by atoms with Crippen molar-refractivity contribution in [3.8, 4) is 0 Å². The smallest absolute Gasteiger partial charge is 0.394 e. The number of piperidine rings is 1. The van der Waals surface area contributed by atoms with Gasteiger partial charge >= 0.3 is 5.95 Å². The predicted octanol–water partition coefficient (Wildman–Crippen LogP) is 0.705. The number of hydrogen-bond acceptors (Lipinski definition) is 3. The summed E-state index contributed by atoms with van der Waals surface area (Å²) in [5.41, 5.74) is 0. The van der Waals surface area contributed by atoms with Gasteiger partial charge in [0.25, 0.3) is 0 Å². The zero-order valence-electron chi connectivity index (χ0n) is 7.52. The summed E-state index contributed by atoms with van der Waals surface area (Å²) in [5, 5.41) is 11.3. The van der Waals surface area contributed by atoms with Crippen molar-refractivity contribution in [2.24, 2.45) is 0 Å². The Hall–Kier alpha value is -1.32. The number of aromatic nitrogens is 2. The number of hydrogen-bond donors (Lipinski definition) is 0. The first kappa shape index (κ1) is 8.29. The van der Waals surface area contributed by atoms with Gasteiger partial charge in [0.2, 0.25) is 0 Å². The van der Waals surface area contributed by atoms with Crippen LogP contribution in [-0.4, -0.2) is 18.1 Å². The minimum atomic E-state index is 0.544. The Morgan fingerprint density at radius 1 is 1.31 bits per heavy atom. The average molecular weight is 179 g/mol. The fourth-order valence-electron chi connectivity index (χ4n) is 1.66. The number of nitrogens with zero attached hydrogens (tertiary/aromatic N) is 3. The fourth-order valence-corrected chi connectivity index (χ4v) is 1.66. The lowest BCUT2D eigenvalue weighted by Gasteiger charge is -2.23. The molecule has 70 valence electrons. The van der Waals surface area contributed by atoms with Gasteiger partial charge in [0.15, 0.2) is 0 Å². The van der Waals surface area contributed by atoms with Gasteiger partial charge in [-0.15, -0.1) is 0 Å². The number of rotatable bonds is 1. The van der Waals surface area contributed by atoms with Crippen molar-refractivity contribution in [3.05, 3.63) is 23.7 Å². The van der Waals surface area contributed by atoms with Crippen molar-refractivity contribution in [1.29, 1.82) is 0 Å². The third kappa shape index (κ3) is 1.71. The maximum absolute atomic E-state index is 11.3. The van der Waals surface area contributed by atoms with Crippen LogP contribution in [0.1, 0.15) is 19.3 Å². The first-order valence-electron chi connectivity index (χ1n) is 4.67. The summed E-state index contributed by atoms with van der Waals surface area (Å²) in [7, 11) is 0. The quantitative estimate of drug-likeness (QED) is 0.471. The van der Waals surface area contributed by atoms with Crippen LogP contribution in [0.15, 0.2) is 18.5 Å². The second-order valence-corrected chi connectivity index (χ2v) is 3.29. The van der Waals surface area contributed by atoms with Crippen LogP contribution >= 0.6 is 0 Å². The van der Waals surface area contributed by atoms with Crippen LogP contribution < -0.4 is 9.63 Å². The standard InChI is InChI=1S/C9H13N3O/c13-12-8-4-5-10-9(12)11-6-2-1-3-7-11/h4-5,8H,1-3,6-7H2. The van der Waals surface area contributed by atoms with Gasteiger partial charge in [-0.25, -0.2) is 4.73 Å². The zero-order valence-corrected chi connectivity index (χ0v) is 7.52. The minimum absolute atomic E-state index is 0.544. The Labute approximate surface area is 77.4 Å². The summed E-state index contributed by atoms with van der Waals surface area (Å²) in [6.07, 6.45) is 6.75. The highest BCUT2D eigenvalue weighted by Crippen LogP contribution is 2.12. The topological polar surface area (TPSA) is 43.1 Å². The Morgan fingerprint density at radius 3 is 2.77 bits per heavy atom. The molecule has 0 N–H and O–H groups in total. The molecule has 1 aliphatic rings. The van der Waals surface area contributed by atoms with Crippen molar-refractivity contribution in [3.63, 3.8) is 0 Å². The molecule has 1 aromatic rings. The van der Waals surface area contributed by atoms with Crippen LogP contribution in [0.25, 0.3) is 0 Å². The van der Waals surface area contributed by atoms with E-state index in [1.54, 1.807) is 12.3 Å². The molecule has 2 heterocycles. The van der Waals surface area contributed by atoms with Crippen molar-refractivity contribution < 1.29 is 4.73 Å². The molecule has 0 radical (unpaired) electrons. The van der Waals surface area contributed by atoms with Crippen molar-refractivity contribution in [2.75, 3.05) is 18.0 Å². The van der Waals surface area contributed by atoms with E-state index in [0.29, 0.717) is 5.95 Å². The van der Waals surface area contributed by atoms with E-state index in [1.165, 1.54) is 12.6 Å². The van der Waals surface area contributed by atoms with Crippen LogP contribution in [0.2, 0.25) is 0 Å². The second-order valence-electron chi connectivity index (χ2n) is 3.29. The highest BCUT2D eigenvalue weighted by atomic mass is 16.5. The van der Waals surface area contributed by atoms with Crippen LogP contribution in [0, 0.1) is 5.21 Å². The molecule has 1 saturated heterocycles. The summed E-state index contributed by atoms with van der Waals surface area (Å²) in [4.78, 5) is 6.13. The lowest BCUT2D eigenvalue weighted by atomic mass is 10.1. The minimum Gasteiger partial charge on any atom is -0.740 e. The van der Waals surface area contributed by atoms with Crippen LogP contribution in [0.4, 0.5) is 5.95 Å². The molecule has 4 nitrogen and oxygen atoms in total. The molecule has 0 aromatic carbocycles. The van der Waals surface area contributed by atoms with E-state index in [9.17, 15) is 5.21 Å². The highest BCUT2D eigenvalue weighted by molar-refractivity contribution is 5.23. The lowest BCUT2D eigenvalue weighted by molar-refractivity contribution is -0.595. The Kier molecular flexibility index (Phi) is 2.29. The maximum atomic E-state index is 11.3. The van der Waals surface area contributed by atoms with Crippen LogP contribution in [0.5, 0.6) is 0 Å². The molecule has 1 fully saturated rings. The summed E-state index contributed by atoms with van der Waals surface area (Å²) < 4.78 is 0.839. The van der Waals surface area contributed by atoms with Gasteiger partial charge in [-0.2, -0.15) is 0 Å². The molecule has 0 atom stereocenters. The molecule has 4 heteroatoms. The zero-order chi connectivity index (χ0) is 9.10. The van der Waals surface area contributed by atoms with E-state index in [2.05, 4.69) is 9.88 Å². The molecule has 0 spiro atoms. The van der Waals surface area contributed by atoms with E-state index in [-0.39, 0.29) is 0 Å². The van der Waals surface area contributed by atoms with Crippen LogP contribution in [-0.2, 0) is 0 Å². The molecule has 0 amide bonds. The van der Waals surface area contributed by atoms with Gasteiger partial charge < -0.3 is 5.21 Å². The van der Waals surface area contributed by atoms with Gasteiger partial charge in [0, 0.05) is 6.07 Å². The first-order chi connectivity index (χ1) is 6.38. The monoisotopic (exact) mass is 179 g/mol. The van der Waals surface area contributed by atoms with Gasteiger partial charge in [-0.1, -0.05) is 4.98 Å². The molecule has 0 saturated carbocycles. The molecule has 13 heavy (non-hydrogen) atoms. The highest BCUT2D eigenvalue weighted by Gasteiger charge is 2.19. The van der Waals surface area contributed by atoms with E-state index >= 15 is 0 Å². The fraction of sp³-hybridized carbons (Fsp3) is 0.556. The van der Waals surface area contributed by atoms with Crippen molar-refractivity contribution in [1.82, 2.24) is 4.98 Å². The normalized spacial score (nSPS) is 17.4. The molecule has 1 aliphatic heterocycles. The maximum Gasteiger partial charge on any atom is 0.394 e. The predicted molar refractivity (Wildman–Crippen MR) is 49.3 cm³/mol. The van der Waals surface area contributed by atoms with Crippen molar-refractivity contribution >= 4 is 5.95 Å². The summed E-state index contributed by atoms with van der Waals surface area (Å²) in [6, 6.07) is 1.65. The van der Waals surface area contributed by atoms with E-state index in [0.717, 1.165) is 30.7 Å². The van der Waals surface area contributed by atoms with Crippen LogP contribution in [0.3, 0.4) is 0 Å². The SMILES string of the molecule is [O-][n+]1cccnc1N1CCCCC1. The van der Waals surface area contributed by atoms with Gasteiger partial charge in [0.05, 0.1) is 19.3 Å². The van der Waals surface area contributed by atoms with Crippen molar-refractivity contribution in [2.45, 2.75) is 19.3 Å². The Morgan fingerprint density at radius 2 is 2.08 bits per heavy atom. The third-order valence-corrected chi connectivity index (χ3v) is 2.33. The Balaban J connectivity index is 2.18. The second kappa shape index (κ2) is 3.60. The molecule has 0 unspecified atom stereocenters. The molecule has 0 aliphatic carbocycles. The number of anilines is 1. The average Bonchev–Trinajstić information content (AvgIpc) is 2.20. The molecular weight excluding hydrogens is 166 g/mol. The molecule has 2 rings (SSSR count). The van der Waals surface area contributed by atoms with E-state index < -0.39 is 0 Å². The molecule has 1 aromatic heterocycles. The largest absolute Gasteiger partial charge is 0.740 e. The molecular formula is C9H13N3O. The van der Waals surface area contributed by atoms with E-state index in [4.69, 9.17) is 0 Å². The van der Waals surface area contributed by atoms with Gasteiger partial charge in [-0.05, 0) is 19.3 Å². The summed E-state index contributed by atoms with van der Waals surface area (Å²) >= 11 is 0.